The van der Waals surface area contributed by atoms with Crippen molar-refractivity contribution in [3.05, 3.63) is 0 Å². The number of carbonyl (C=O) groups excluding carboxylic acids is 10. The monoisotopic (exact) mass is 752 g/mol. The Kier molecular flexibility index (Phi) is 22.2. The molecule has 1 fully saturated rings. The molecular weight excluding hydrogens is 704 g/mol. The van der Waals surface area contributed by atoms with Crippen molar-refractivity contribution in [2.24, 2.45) is 0 Å². The van der Waals surface area contributed by atoms with Crippen molar-refractivity contribution in [3.63, 3.8) is 0 Å². The zero-order valence-corrected chi connectivity index (χ0v) is 31.0. The molecule has 2 N–H and O–H groups in total. The summed E-state index contributed by atoms with van der Waals surface area (Å²) < 4.78 is 37.6. The van der Waals surface area contributed by atoms with Gasteiger partial charge in [-0.25, -0.2) is 38.4 Å². The van der Waals surface area contributed by atoms with E-state index in [1.165, 1.54) is 62.3 Å². The predicted molar refractivity (Wildman–Crippen MR) is 169 cm³/mol. The molecule has 0 radical (unpaired) electrons. The number of hydrogen-bond donors (Lipinski definition) is 2. The Morgan fingerprint density at radius 3 is 0.846 bits per heavy atom. The van der Waals surface area contributed by atoms with E-state index in [1.807, 2.05) is 0 Å². The summed E-state index contributed by atoms with van der Waals surface area (Å²) in [7, 11) is 0. The van der Waals surface area contributed by atoms with Gasteiger partial charge in [0, 0.05) is 0 Å². The van der Waals surface area contributed by atoms with Crippen molar-refractivity contribution in [3.8, 4) is 0 Å². The first-order valence-electron chi connectivity index (χ1n) is 15.7. The Hall–Kier alpha value is -4.98. The number of aliphatic hydroxyl groups is 2. The molecule has 1 rings (SSSR count). The number of cyclic esters (lactones) is 2. The van der Waals surface area contributed by atoms with Crippen LogP contribution in [-0.2, 0) is 85.8 Å². The van der Waals surface area contributed by atoms with E-state index in [2.05, 4.69) is 18.9 Å². The van der Waals surface area contributed by atoms with Gasteiger partial charge >= 0.3 is 47.8 Å². The van der Waals surface area contributed by atoms with Crippen molar-refractivity contribution in [1.29, 1.82) is 0 Å². The lowest BCUT2D eigenvalue weighted by Gasteiger charge is -2.22. The molecule has 0 aliphatic carbocycles. The second kappa shape index (κ2) is 23.5. The molecule has 20 nitrogen and oxygen atoms in total. The van der Waals surface area contributed by atoms with E-state index in [0.717, 1.165) is 20.8 Å². The molecule has 10 atom stereocenters. The van der Waals surface area contributed by atoms with E-state index >= 15 is 0 Å². The predicted octanol–water partition coefficient (Wildman–Crippen LogP) is -0.634. The largest absolute Gasteiger partial charge is 0.453 e. The molecular formula is C32H48O20. The van der Waals surface area contributed by atoms with E-state index in [0.29, 0.717) is 0 Å². The molecule has 1 aliphatic heterocycles. The summed E-state index contributed by atoms with van der Waals surface area (Å²) in [6, 6.07) is 0. The molecule has 0 bridgehead atoms. The first-order valence-corrected chi connectivity index (χ1v) is 15.7. The number of esters is 8. The van der Waals surface area contributed by atoms with Gasteiger partial charge in [-0.15, -0.1) is 0 Å². The summed E-state index contributed by atoms with van der Waals surface area (Å²) in [5, 5.41) is 17.7. The molecule has 0 aromatic carbocycles. The Morgan fingerprint density at radius 1 is 0.442 bits per heavy atom. The highest BCUT2D eigenvalue weighted by atomic mass is 16.7. The van der Waals surface area contributed by atoms with Gasteiger partial charge in [0.15, 0.2) is 60.4 Å². The first-order chi connectivity index (χ1) is 23.7. The summed E-state index contributed by atoms with van der Waals surface area (Å²) >= 11 is 0. The summed E-state index contributed by atoms with van der Waals surface area (Å²) in [6.45, 7) is 15.5. The quantitative estimate of drug-likeness (QED) is 0.165. The Balaban J connectivity index is 0. The van der Waals surface area contributed by atoms with E-state index in [9.17, 15) is 47.9 Å². The topological polar surface area (TPSA) is 285 Å². The SMILES string of the molecule is CC(=O)C(C)OC(=O)C(C)O.CC(=O)C(C)OC(=O)C(C)OC(=O)C(C)OC(=O)C(C)OC(=O)C(C)OC(=O)C(C)O.CC1OC(=O)C(C)OC1=O. The minimum Gasteiger partial charge on any atom is -0.453 e. The van der Waals surface area contributed by atoms with Gasteiger partial charge < -0.3 is 48.1 Å². The fraction of sp³-hybridized carbons (Fsp3) is 0.688. The van der Waals surface area contributed by atoms with Crippen LogP contribution in [0.1, 0.15) is 83.1 Å². The van der Waals surface area contributed by atoms with Crippen molar-refractivity contribution in [2.45, 2.75) is 144 Å². The van der Waals surface area contributed by atoms with Crippen LogP contribution in [0.4, 0.5) is 0 Å². The van der Waals surface area contributed by atoms with E-state index in [4.69, 9.17) is 29.2 Å². The molecule has 0 spiro atoms. The highest BCUT2D eigenvalue weighted by Crippen LogP contribution is 2.09. The molecule has 20 heteroatoms. The van der Waals surface area contributed by atoms with Crippen LogP contribution < -0.4 is 0 Å². The number of carbonyl (C=O) groups is 10. The standard InChI is InChI=1S/C19H28O12.C7H12O4.C6H8O4/c1-8(20)10(3)27-16(23)12(5)29-18(25)14(7)31-19(26)13(6)30-17(24)11(4)28-15(22)9(2)21;1-4(8)6(3)11-7(10)5(2)9;1-3-5(7)10-4(2)6(8)9-3/h9-14,21H,1-7H3;5-6,9H,1-3H3;3-4H,1-2H3. The van der Waals surface area contributed by atoms with E-state index in [1.54, 1.807) is 0 Å². The van der Waals surface area contributed by atoms with Crippen LogP contribution >= 0.6 is 0 Å². The second-order valence-electron chi connectivity index (χ2n) is 11.2. The average molecular weight is 753 g/mol. The molecule has 0 aromatic heterocycles. The van der Waals surface area contributed by atoms with Gasteiger partial charge in [-0.3, -0.25) is 9.59 Å². The summed E-state index contributed by atoms with van der Waals surface area (Å²) in [5.74, 6) is -7.64. The fourth-order valence-electron chi connectivity index (χ4n) is 2.62. The second-order valence-corrected chi connectivity index (χ2v) is 11.2. The van der Waals surface area contributed by atoms with Gasteiger partial charge in [0.25, 0.3) is 0 Å². The fourth-order valence-corrected chi connectivity index (χ4v) is 2.62. The molecule has 1 saturated heterocycles. The van der Waals surface area contributed by atoms with Gasteiger partial charge in [-0.1, -0.05) is 0 Å². The van der Waals surface area contributed by atoms with Crippen LogP contribution in [0.15, 0.2) is 0 Å². The van der Waals surface area contributed by atoms with Gasteiger partial charge in [0.1, 0.15) is 12.2 Å². The van der Waals surface area contributed by atoms with Crippen molar-refractivity contribution in [1.82, 2.24) is 0 Å². The van der Waals surface area contributed by atoms with Crippen LogP contribution in [0, 0.1) is 0 Å². The molecule has 10 unspecified atom stereocenters. The minimum atomic E-state index is -1.46. The highest BCUT2D eigenvalue weighted by Gasteiger charge is 2.33. The molecule has 52 heavy (non-hydrogen) atoms. The molecule has 0 saturated carbocycles. The lowest BCUT2D eigenvalue weighted by atomic mass is 10.3. The van der Waals surface area contributed by atoms with E-state index in [-0.39, 0.29) is 5.78 Å². The summed E-state index contributed by atoms with van der Waals surface area (Å²) in [4.78, 5) is 112. The zero-order chi connectivity index (χ0) is 41.2. The Morgan fingerprint density at radius 2 is 0.635 bits per heavy atom. The molecule has 0 aromatic rings. The van der Waals surface area contributed by atoms with Gasteiger partial charge in [-0.2, -0.15) is 0 Å². The van der Waals surface area contributed by atoms with Crippen LogP contribution in [0.5, 0.6) is 0 Å². The van der Waals surface area contributed by atoms with Crippen molar-refractivity contribution >= 4 is 59.3 Å². The number of aliphatic hydroxyl groups excluding tert-OH is 2. The summed E-state index contributed by atoms with van der Waals surface area (Å²) in [5.41, 5.74) is 0. The molecule has 296 valence electrons. The number of hydrogen-bond acceptors (Lipinski definition) is 20. The maximum atomic E-state index is 12.0. The van der Waals surface area contributed by atoms with Gasteiger partial charge in [0.05, 0.1) is 0 Å². The Bertz CT molecular complexity index is 1280. The average Bonchev–Trinajstić information content (AvgIpc) is 3.03. The molecule has 0 amide bonds. The van der Waals surface area contributed by atoms with Crippen LogP contribution in [0.3, 0.4) is 0 Å². The first kappa shape index (κ1) is 49.1. The maximum absolute atomic E-state index is 12.0. The highest BCUT2D eigenvalue weighted by molar-refractivity contribution is 5.88. The van der Waals surface area contributed by atoms with Crippen LogP contribution in [0.25, 0.3) is 0 Å². The van der Waals surface area contributed by atoms with Gasteiger partial charge in [0.2, 0.25) is 0 Å². The lowest BCUT2D eigenvalue weighted by Crippen LogP contribution is -2.40. The van der Waals surface area contributed by atoms with Crippen molar-refractivity contribution in [2.75, 3.05) is 0 Å². The van der Waals surface area contributed by atoms with Gasteiger partial charge in [-0.05, 0) is 83.1 Å². The third-order valence-electron chi connectivity index (χ3n) is 6.16. The molecule has 1 heterocycles. The zero-order valence-electron chi connectivity index (χ0n) is 31.0. The van der Waals surface area contributed by atoms with Crippen LogP contribution in [0.2, 0.25) is 0 Å². The summed E-state index contributed by atoms with van der Waals surface area (Å²) in [6.07, 6.45) is -11.6. The van der Waals surface area contributed by atoms with E-state index < -0.39 is 115 Å². The number of Topliss-reactive ketones (excluding diaryl/α,β-unsaturated/α-hetero) is 2. The third kappa shape index (κ3) is 19.4. The number of ether oxygens (including phenoxy) is 8. The van der Waals surface area contributed by atoms with Crippen molar-refractivity contribution < 1.29 is 96.1 Å². The normalized spacial score (nSPS) is 19.3. The van der Waals surface area contributed by atoms with Crippen LogP contribution in [-0.4, -0.2) is 131 Å². The minimum absolute atomic E-state index is 0.237. The lowest BCUT2D eigenvalue weighted by molar-refractivity contribution is -0.191. The molecule has 1 aliphatic rings. The Labute approximate surface area is 299 Å². The number of ketones is 2. The maximum Gasteiger partial charge on any atom is 0.347 e. The number of rotatable bonds is 14. The third-order valence-corrected chi connectivity index (χ3v) is 6.16. The smallest absolute Gasteiger partial charge is 0.347 e.